The predicted molar refractivity (Wildman–Crippen MR) is 102 cm³/mol. The lowest BCUT2D eigenvalue weighted by Gasteiger charge is -2.16. The van der Waals surface area contributed by atoms with Crippen molar-refractivity contribution in [2.24, 2.45) is 0 Å². The maximum Gasteiger partial charge on any atom is 0.302 e. The number of fused-ring (bicyclic) bond motifs is 1. The zero-order chi connectivity index (χ0) is 20.4. The third-order valence-corrected chi connectivity index (χ3v) is 4.85. The lowest BCUT2D eigenvalue weighted by atomic mass is 10.1. The van der Waals surface area contributed by atoms with Crippen LogP contribution in [0.1, 0.15) is 33.2 Å². The van der Waals surface area contributed by atoms with Gasteiger partial charge in [-0.05, 0) is 24.3 Å². The zero-order valence-electron chi connectivity index (χ0n) is 14.6. The van der Waals surface area contributed by atoms with E-state index in [0.717, 1.165) is 4.90 Å². The molecule has 0 fully saturated rings. The number of amides is 3. The van der Waals surface area contributed by atoms with Gasteiger partial charge in [-0.1, -0.05) is 35.3 Å². The van der Waals surface area contributed by atoms with Crippen molar-refractivity contribution in [3.05, 3.63) is 63.1 Å². The fraction of sp³-hybridized carbons (Fsp3) is 0.158. The average Bonchev–Trinajstić information content (AvgIpc) is 2.89. The van der Waals surface area contributed by atoms with Crippen LogP contribution in [0.3, 0.4) is 0 Å². The Balaban J connectivity index is 1.74. The number of rotatable bonds is 5. The number of carbonyl (C=O) groups excluding carboxylic acids is 4. The Morgan fingerprint density at radius 2 is 1.64 bits per heavy atom. The van der Waals surface area contributed by atoms with Crippen LogP contribution in [0.25, 0.3) is 0 Å². The number of imide groups is 1. The monoisotopic (exact) mass is 420 g/mol. The number of esters is 1. The summed E-state index contributed by atoms with van der Waals surface area (Å²) in [5.74, 6) is -2.19. The Morgan fingerprint density at radius 1 is 1.04 bits per heavy atom. The summed E-state index contributed by atoms with van der Waals surface area (Å²) in [4.78, 5) is 48.9. The first-order chi connectivity index (χ1) is 13.3. The van der Waals surface area contributed by atoms with Crippen molar-refractivity contribution < 1.29 is 23.9 Å². The Bertz CT molecular complexity index is 971. The van der Waals surface area contributed by atoms with E-state index in [1.165, 1.54) is 31.2 Å². The Kier molecular flexibility index (Phi) is 5.67. The number of carbonyl (C=O) groups is 4. The van der Waals surface area contributed by atoms with Crippen LogP contribution in [-0.4, -0.2) is 35.1 Å². The first kappa shape index (κ1) is 19.9. The van der Waals surface area contributed by atoms with Crippen molar-refractivity contribution in [1.82, 2.24) is 4.90 Å². The molecule has 0 saturated carbocycles. The molecule has 0 aliphatic carbocycles. The first-order valence-corrected chi connectivity index (χ1v) is 8.90. The number of benzene rings is 2. The summed E-state index contributed by atoms with van der Waals surface area (Å²) < 4.78 is 4.90. The molecule has 1 heterocycles. The highest BCUT2D eigenvalue weighted by Crippen LogP contribution is 2.32. The summed E-state index contributed by atoms with van der Waals surface area (Å²) in [5, 5.41) is 2.91. The Labute approximate surface area is 170 Å². The van der Waals surface area contributed by atoms with E-state index in [0.29, 0.717) is 5.56 Å². The van der Waals surface area contributed by atoms with Crippen molar-refractivity contribution in [2.45, 2.75) is 13.5 Å². The Hall–Kier alpha value is -2.90. The van der Waals surface area contributed by atoms with Crippen LogP contribution in [0.15, 0.2) is 36.4 Å². The molecule has 7 nitrogen and oxygen atoms in total. The van der Waals surface area contributed by atoms with Gasteiger partial charge in [0.05, 0.1) is 21.8 Å². The minimum atomic E-state index is -0.614. The highest BCUT2D eigenvalue weighted by molar-refractivity contribution is 6.38. The van der Waals surface area contributed by atoms with Gasteiger partial charge in [0, 0.05) is 17.5 Å². The van der Waals surface area contributed by atoms with E-state index in [9.17, 15) is 19.2 Å². The number of anilines is 1. The highest BCUT2D eigenvalue weighted by atomic mass is 35.5. The predicted octanol–water partition coefficient (Wildman–Crippen LogP) is 3.29. The number of halogens is 2. The second-order valence-corrected chi connectivity index (χ2v) is 6.74. The third-order valence-electron chi connectivity index (χ3n) is 4.06. The average molecular weight is 421 g/mol. The largest absolute Gasteiger partial charge is 0.461 e. The van der Waals surface area contributed by atoms with E-state index in [1.807, 2.05) is 0 Å². The molecular weight excluding hydrogens is 407 g/mol. The van der Waals surface area contributed by atoms with Crippen LogP contribution in [0.2, 0.25) is 10.0 Å². The number of ether oxygens (including phenoxy) is 1. The molecular formula is C19H14Cl2N2O5. The van der Waals surface area contributed by atoms with Crippen molar-refractivity contribution in [3.8, 4) is 0 Å². The van der Waals surface area contributed by atoms with E-state index in [2.05, 4.69) is 5.32 Å². The highest BCUT2D eigenvalue weighted by Gasteiger charge is 2.36. The van der Waals surface area contributed by atoms with Gasteiger partial charge in [-0.2, -0.15) is 0 Å². The number of hydrogen-bond donors (Lipinski definition) is 1. The molecule has 2 aromatic carbocycles. The molecule has 1 N–H and O–H groups in total. The number of hydrogen-bond acceptors (Lipinski definition) is 5. The second-order valence-electron chi connectivity index (χ2n) is 5.96. The molecule has 3 amide bonds. The zero-order valence-corrected chi connectivity index (χ0v) is 16.1. The van der Waals surface area contributed by atoms with Crippen LogP contribution in [0.5, 0.6) is 0 Å². The van der Waals surface area contributed by atoms with Crippen LogP contribution >= 0.6 is 23.2 Å². The summed E-state index contributed by atoms with van der Waals surface area (Å²) >= 11 is 12.3. The van der Waals surface area contributed by atoms with Gasteiger partial charge in [-0.25, -0.2) is 0 Å². The minimum absolute atomic E-state index is 0.101. The Morgan fingerprint density at radius 3 is 2.21 bits per heavy atom. The van der Waals surface area contributed by atoms with Crippen molar-refractivity contribution in [3.63, 3.8) is 0 Å². The fourth-order valence-electron chi connectivity index (χ4n) is 2.72. The molecule has 9 heteroatoms. The third kappa shape index (κ3) is 3.85. The van der Waals surface area contributed by atoms with Crippen molar-refractivity contribution >= 4 is 52.6 Å². The molecule has 2 aromatic rings. The lowest BCUT2D eigenvalue weighted by Crippen LogP contribution is -2.37. The number of nitrogens with one attached hydrogen (secondary N) is 1. The van der Waals surface area contributed by atoms with Gasteiger partial charge < -0.3 is 10.1 Å². The molecule has 28 heavy (non-hydrogen) atoms. The van der Waals surface area contributed by atoms with Gasteiger partial charge in [0.2, 0.25) is 5.91 Å². The molecule has 144 valence electrons. The standard InChI is InChI=1S/C19H14Cl2N2O5/c1-10(24)28-9-13-14(20)6-7-15(17(13)21)22-16(25)8-23-18(26)11-4-2-3-5-12(11)19(23)27/h2-7H,8-9H2,1H3,(H,22,25). The molecule has 0 bridgehead atoms. The number of nitrogens with zero attached hydrogens (tertiary/aromatic N) is 1. The van der Waals surface area contributed by atoms with Gasteiger partial charge in [0.1, 0.15) is 13.2 Å². The smallest absolute Gasteiger partial charge is 0.302 e. The summed E-state index contributed by atoms with van der Waals surface area (Å²) in [7, 11) is 0. The minimum Gasteiger partial charge on any atom is -0.461 e. The van der Waals surface area contributed by atoms with Crippen LogP contribution in [-0.2, 0) is 20.9 Å². The molecule has 0 radical (unpaired) electrons. The molecule has 0 spiro atoms. The van der Waals surface area contributed by atoms with Gasteiger partial charge in [-0.3, -0.25) is 24.1 Å². The van der Waals surface area contributed by atoms with Crippen molar-refractivity contribution in [1.29, 1.82) is 0 Å². The quantitative estimate of drug-likeness (QED) is 0.591. The summed E-state index contributed by atoms with van der Waals surface area (Å²) in [6.07, 6.45) is 0. The molecule has 1 aliphatic rings. The van der Waals surface area contributed by atoms with Gasteiger partial charge in [0.15, 0.2) is 0 Å². The van der Waals surface area contributed by atoms with Crippen molar-refractivity contribution in [2.75, 3.05) is 11.9 Å². The first-order valence-electron chi connectivity index (χ1n) is 8.15. The maximum atomic E-state index is 12.4. The second kappa shape index (κ2) is 8.00. The topological polar surface area (TPSA) is 92.8 Å². The van der Waals surface area contributed by atoms with Gasteiger partial charge >= 0.3 is 5.97 Å². The lowest BCUT2D eigenvalue weighted by molar-refractivity contribution is -0.142. The molecule has 0 saturated heterocycles. The molecule has 1 aliphatic heterocycles. The van der Waals surface area contributed by atoms with E-state index in [4.69, 9.17) is 27.9 Å². The van der Waals surface area contributed by atoms with E-state index < -0.39 is 30.2 Å². The van der Waals surface area contributed by atoms with E-state index in [1.54, 1.807) is 12.1 Å². The van der Waals surface area contributed by atoms with Crippen LogP contribution in [0, 0.1) is 0 Å². The fourth-order valence-corrected chi connectivity index (χ4v) is 3.24. The van der Waals surface area contributed by atoms with E-state index in [-0.39, 0.29) is 33.5 Å². The summed E-state index contributed by atoms with van der Waals surface area (Å²) in [6, 6.07) is 9.32. The summed E-state index contributed by atoms with van der Waals surface area (Å²) in [6.45, 7) is 0.620. The van der Waals surface area contributed by atoms with Crippen LogP contribution < -0.4 is 5.32 Å². The van der Waals surface area contributed by atoms with Crippen LogP contribution in [0.4, 0.5) is 5.69 Å². The SMILES string of the molecule is CC(=O)OCc1c(Cl)ccc(NC(=O)CN2C(=O)c3ccccc3C2=O)c1Cl. The molecule has 3 rings (SSSR count). The molecule has 0 unspecified atom stereocenters. The molecule has 0 atom stereocenters. The summed E-state index contributed by atoms with van der Waals surface area (Å²) in [5.41, 5.74) is 1.06. The maximum absolute atomic E-state index is 12.4. The molecule has 0 aromatic heterocycles. The van der Waals surface area contributed by atoms with Gasteiger partial charge in [0.25, 0.3) is 11.8 Å². The van der Waals surface area contributed by atoms with Gasteiger partial charge in [-0.15, -0.1) is 0 Å². The normalized spacial score (nSPS) is 12.8. The van der Waals surface area contributed by atoms with E-state index >= 15 is 0 Å².